The second-order valence-electron chi connectivity index (χ2n) is 4.11. The van der Waals surface area contributed by atoms with E-state index in [1.165, 1.54) is 0 Å². The minimum Gasteiger partial charge on any atom is -0.412 e. The van der Waals surface area contributed by atoms with Crippen LogP contribution in [0.2, 0.25) is 0 Å². The average Bonchev–Trinajstić information content (AvgIpc) is 2.15. The van der Waals surface area contributed by atoms with Crippen molar-refractivity contribution in [3.63, 3.8) is 0 Å². The summed E-state index contributed by atoms with van der Waals surface area (Å²) < 4.78 is 5.88. The average molecular weight is 200 g/mol. The smallest absolute Gasteiger partial charge is 0.337 e. The van der Waals surface area contributed by atoms with Crippen molar-refractivity contribution in [1.82, 2.24) is 0 Å². The topological polar surface area (TPSA) is 26.3 Å². The molecule has 0 saturated carbocycles. The molecule has 3 nitrogen and oxygen atoms in total. The van der Waals surface area contributed by atoms with Gasteiger partial charge in [-0.05, 0) is 20.3 Å². The SMILES string of the molecule is CCC=C(C)C(=O)OC[N+](C)(C)CC. The maximum atomic E-state index is 11.4. The van der Waals surface area contributed by atoms with Crippen LogP contribution in [0.5, 0.6) is 0 Å². The van der Waals surface area contributed by atoms with Crippen molar-refractivity contribution in [2.45, 2.75) is 27.2 Å². The third-order valence-electron chi connectivity index (χ3n) is 2.23. The van der Waals surface area contributed by atoms with Gasteiger partial charge in [0.2, 0.25) is 6.73 Å². The molecule has 0 N–H and O–H groups in total. The highest BCUT2D eigenvalue weighted by Crippen LogP contribution is 2.02. The lowest BCUT2D eigenvalue weighted by Gasteiger charge is -2.26. The fourth-order valence-corrected chi connectivity index (χ4v) is 0.828. The number of carbonyl (C=O) groups excluding carboxylic acids is 1. The molecule has 82 valence electrons. The molecule has 3 heteroatoms. The largest absolute Gasteiger partial charge is 0.412 e. The highest BCUT2D eigenvalue weighted by atomic mass is 16.5. The van der Waals surface area contributed by atoms with Crippen molar-refractivity contribution in [3.8, 4) is 0 Å². The van der Waals surface area contributed by atoms with E-state index in [2.05, 4.69) is 6.92 Å². The standard InChI is InChI=1S/C11H22NO2/c1-6-8-10(3)11(13)14-9-12(4,5)7-2/h8H,6-7,9H2,1-5H3/q+1. The Hall–Kier alpha value is -0.830. The number of quaternary nitrogens is 1. The van der Waals surface area contributed by atoms with Gasteiger partial charge >= 0.3 is 5.97 Å². The summed E-state index contributed by atoms with van der Waals surface area (Å²) in [7, 11) is 4.07. The predicted octanol–water partition coefficient (Wildman–Crippen LogP) is 1.94. The van der Waals surface area contributed by atoms with Crippen LogP contribution in [0.25, 0.3) is 0 Å². The van der Waals surface area contributed by atoms with Crippen LogP contribution in [0.3, 0.4) is 0 Å². The molecular weight excluding hydrogens is 178 g/mol. The molecule has 0 atom stereocenters. The van der Waals surface area contributed by atoms with Crippen LogP contribution in [0.4, 0.5) is 0 Å². The maximum Gasteiger partial charge on any atom is 0.337 e. The molecule has 0 aromatic carbocycles. The van der Waals surface area contributed by atoms with Crippen LogP contribution >= 0.6 is 0 Å². The van der Waals surface area contributed by atoms with Gasteiger partial charge in [-0.15, -0.1) is 0 Å². The first kappa shape index (κ1) is 13.2. The molecule has 0 amide bonds. The molecule has 0 aliphatic rings. The lowest BCUT2D eigenvalue weighted by atomic mass is 10.2. The monoisotopic (exact) mass is 200 g/mol. The first-order valence-electron chi connectivity index (χ1n) is 5.08. The molecule has 0 bridgehead atoms. The van der Waals surface area contributed by atoms with E-state index in [0.29, 0.717) is 16.8 Å². The molecular formula is C11H22NO2+. The van der Waals surface area contributed by atoms with Crippen molar-refractivity contribution in [1.29, 1.82) is 0 Å². The van der Waals surface area contributed by atoms with Crippen LogP contribution in [-0.4, -0.2) is 37.8 Å². The molecule has 0 aliphatic heterocycles. The van der Waals surface area contributed by atoms with Gasteiger partial charge in [0.05, 0.1) is 20.6 Å². The number of rotatable bonds is 5. The van der Waals surface area contributed by atoms with Gasteiger partial charge in [0.25, 0.3) is 0 Å². The van der Waals surface area contributed by atoms with Gasteiger partial charge in [-0.25, -0.2) is 4.79 Å². The molecule has 0 radical (unpaired) electrons. The molecule has 0 spiro atoms. The summed E-state index contributed by atoms with van der Waals surface area (Å²) >= 11 is 0. The fourth-order valence-electron chi connectivity index (χ4n) is 0.828. The van der Waals surface area contributed by atoms with Crippen LogP contribution in [0.1, 0.15) is 27.2 Å². The lowest BCUT2D eigenvalue weighted by Crippen LogP contribution is -2.42. The summed E-state index contributed by atoms with van der Waals surface area (Å²) in [6.45, 7) is 7.25. The third-order valence-corrected chi connectivity index (χ3v) is 2.23. The van der Waals surface area contributed by atoms with Crippen molar-refractivity contribution in [3.05, 3.63) is 11.6 Å². The zero-order valence-electron chi connectivity index (χ0n) is 9.96. The second kappa shape index (κ2) is 5.81. The Morgan fingerprint density at radius 1 is 1.36 bits per heavy atom. The van der Waals surface area contributed by atoms with E-state index in [-0.39, 0.29) is 5.97 Å². The van der Waals surface area contributed by atoms with Crippen LogP contribution in [-0.2, 0) is 9.53 Å². The number of carbonyl (C=O) groups is 1. The van der Waals surface area contributed by atoms with Gasteiger partial charge in [0.15, 0.2) is 0 Å². The fraction of sp³-hybridized carbons (Fsp3) is 0.727. The Morgan fingerprint density at radius 2 is 1.93 bits per heavy atom. The quantitative estimate of drug-likeness (QED) is 0.293. The molecule has 0 aromatic heterocycles. The summed E-state index contributed by atoms with van der Waals surface area (Å²) in [5.74, 6) is -0.202. The number of hydrogen-bond acceptors (Lipinski definition) is 2. The first-order chi connectivity index (χ1) is 6.43. The summed E-state index contributed by atoms with van der Waals surface area (Å²) in [4.78, 5) is 11.4. The van der Waals surface area contributed by atoms with E-state index in [9.17, 15) is 4.79 Å². The molecule has 0 aromatic rings. The van der Waals surface area contributed by atoms with E-state index in [4.69, 9.17) is 4.74 Å². The Labute approximate surface area is 86.9 Å². The number of allylic oxidation sites excluding steroid dienone is 1. The van der Waals surface area contributed by atoms with Crippen LogP contribution in [0, 0.1) is 0 Å². The Bertz CT molecular complexity index is 219. The molecule has 0 heterocycles. The Kier molecular flexibility index (Phi) is 5.46. The minimum absolute atomic E-state index is 0.202. The van der Waals surface area contributed by atoms with Gasteiger partial charge in [-0.3, -0.25) is 4.48 Å². The van der Waals surface area contributed by atoms with Gasteiger partial charge in [-0.2, -0.15) is 0 Å². The number of hydrogen-bond donors (Lipinski definition) is 0. The molecule has 0 rings (SSSR count). The molecule has 0 fully saturated rings. The number of ether oxygens (including phenoxy) is 1. The van der Waals surface area contributed by atoms with Crippen molar-refractivity contribution >= 4 is 5.97 Å². The summed E-state index contributed by atoms with van der Waals surface area (Å²) in [6, 6.07) is 0. The van der Waals surface area contributed by atoms with Crippen molar-refractivity contribution in [2.24, 2.45) is 0 Å². The van der Waals surface area contributed by atoms with Gasteiger partial charge in [0, 0.05) is 5.57 Å². The molecule has 0 unspecified atom stereocenters. The predicted molar refractivity (Wildman–Crippen MR) is 57.7 cm³/mol. The van der Waals surface area contributed by atoms with Crippen molar-refractivity contribution < 1.29 is 14.0 Å². The van der Waals surface area contributed by atoms with E-state index in [1.54, 1.807) is 6.92 Å². The zero-order valence-corrected chi connectivity index (χ0v) is 9.96. The number of nitrogens with zero attached hydrogens (tertiary/aromatic N) is 1. The second-order valence-corrected chi connectivity index (χ2v) is 4.11. The summed E-state index contributed by atoms with van der Waals surface area (Å²) in [5.41, 5.74) is 0.698. The summed E-state index contributed by atoms with van der Waals surface area (Å²) in [5, 5.41) is 0. The van der Waals surface area contributed by atoms with Crippen LogP contribution < -0.4 is 0 Å². The Morgan fingerprint density at radius 3 is 2.36 bits per heavy atom. The highest BCUT2D eigenvalue weighted by molar-refractivity contribution is 5.87. The third kappa shape index (κ3) is 5.02. The molecule has 14 heavy (non-hydrogen) atoms. The van der Waals surface area contributed by atoms with E-state index in [0.717, 1.165) is 13.0 Å². The van der Waals surface area contributed by atoms with Crippen LogP contribution in [0.15, 0.2) is 11.6 Å². The van der Waals surface area contributed by atoms with Gasteiger partial charge in [0.1, 0.15) is 0 Å². The Balaban J connectivity index is 4.03. The molecule has 0 saturated heterocycles. The first-order valence-corrected chi connectivity index (χ1v) is 5.08. The molecule has 0 aliphatic carbocycles. The lowest BCUT2D eigenvalue weighted by molar-refractivity contribution is -0.905. The normalized spacial score (nSPS) is 12.8. The zero-order chi connectivity index (χ0) is 11.2. The van der Waals surface area contributed by atoms with Crippen molar-refractivity contribution in [2.75, 3.05) is 27.4 Å². The summed E-state index contributed by atoms with van der Waals surface area (Å²) in [6.07, 6.45) is 2.75. The van der Waals surface area contributed by atoms with E-state index < -0.39 is 0 Å². The van der Waals surface area contributed by atoms with E-state index in [1.807, 2.05) is 27.1 Å². The highest BCUT2D eigenvalue weighted by Gasteiger charge is 2.15. The van der Waals surface area contributed by atoms with E-state index >= 15 is 0 Å². The maximum absolute atomic E-state index is 11.4. The number of esters is 1. The minimum atomic E-state index is -0.202. The van der Waals surface area contributed by atoms with Gasteiger partial charge < -0.3 is 4.74 Å². The van der Waals surface area contributed by atoms with Gasteiger partial charge in [-0.1, -0.05) is 13.0 Å².